The molecule has 0 saturated carbocycles. The number of pyridine rings is 1. The van der Waals surface area contributed by atoms with Gasteiger partial charge < -0.3 is 5.11 Å². The fraction of sp³-hybridized carbons (Fsp3) is 0.444. The Balaban J connectivity index is 3.24. The second kappa shape index (κ2) is 4.66. The molecule has 14 heavy (non-hydrogen) atoms. The van der Waals surface area contributed by atoms with Crippen LogP contribution in [0.4, 0.5) is 8.78 Å². The van der Waals surface area contributed by atoms with E-state index >= 15 is 0 Å². The Bertz CT molecular complexity index is 331. The van der Waals surface area contributed by atoms with Gasteiger partial charge in [0, 0.05) is 5.56 Å². The van der Waals surface area contributed by atoms with Crippen LogP contribution < -0.4 is 0 Å². The predicted octanol–water partition coefficient (Wildman–Crippen LogP) is 2.56. The van der Waals surface area contributed by atoms with Crippen molar-refractivity contribution in [3.05, 3.63) is 28.6 Å². The zero-order valence-corrected chi connectivity index (χ0v) is 8.35. The first kappa shape index (κ1) is 11.3. The molecule has 1 aromatic heterocycles. The van der Waals surface area contributed by atoms with Crippen molar-refractivity contribution in [3.8, 4) is 0 Å². The Labute approximate surface area is 85.5 Å². The Morgan fingerprint density at radius 1 is 1.57 bits per heavy atom. The molecule has 0 spiro atoms. The zero-order chi connectivity index (χ0) is 10.7. The quantitative estimate of drug-likeness (QED) is 0.796. The predicted molar refractivity (Wildman–Crippen MR) is 49.4 cm³/mol. The summed E-state index contributed by atoms with van der Waals surface area (Å²) in [5.74, 6) is 0.0251. The molecule has 0 aliphatic heterocycles. The molecule has 1 aromatic rings. The molecule has 2 nitrogen and oxygen atoms in total. The maximum atomic E-state index is 12.3. The molecule has 0 atom stereocenters. The molecule has 0 aliphatic carbocycles. The van der Waals surface area contributed by atoms with Gasteiger partial charge in [-0.1, -0.05) is 0 Å². The van der Waals surface area contributed by atoms with E-state index < -0.39 is 6.43 Å². The lowest BCUT2D eigenvalue weighted by atomic mass is 10.1. The first-order valence-corrected chi connectivity index (χ1v) is 4.57. The molecule has 0 fully saturated rings. The van der Waals surface area contributed by atoms with E-state index in [-0.39, 0.29) is 18.2 Å². The molecule has 5 heteroatoms. The average molecular weight is 222 g/mol. The molecule has 1 rings (SSSR count). The molecule has 78 valence electrons. The molecule has 0 aromatic carbocycles. The van der Waals surface area contributed by atoms with Gasteiger partial charge in [0.15, 0.2) is 0 Å². The van der Waals surface area contributed by atoms with Gasteiger partial charge in [-0.25, -0.2) is 8.78 Å². The lowest BCUT2D eigenvalue weighted by molar-refractivity contribution is 0.145. The Hall–Kier alpha value is -0.740. The van der Waals surface area contributed by atoms with Gasteiger partial charge in [-0.05, 0) is 18.6 Å². The number of aromatic nitrogens is 1. The van der Waals surface area contributed by atoms with E-state index in [1.165, 1.54) is 6.07 Å². The first-order chi connectivity index (χ1) is 6.60. The Kier molecular flexibility index (Phi) is 3.77. The molecule has 0 radical (unpaired) electrons. The number of aliphatic hydroxyl groups is 1. The molecular formula is C9H10ClF2NO. The van der Waals surface area contributed by atoms with Crippen molar-refractivity contribution in [2.24, 2.45) is 0 Å². The van der Waals surface area contributed by atoms with E-state index in [0.717, 1.165) is 0 Å². The minimum Gasteiger partial charge on any atom is -0.392 e. The van der Waals surface area contributed by atoms with Gasteiger partial charge in [-0.2, -0.15) is 0 Å². The van der Waals surface area contributed by atoms with E-state index in [4.69, 9.17) is 16.7 Å². The minimum absolute atomic E-state index is 0.0251. The van der Waals surface area contributed by atoms with Crippen LogP contribution in [0.15, 0.2) is 6.07 Å². The molecule has 0 bridgehead atoms. The van der Waals surface area contributed by atoms with Crippen LogP contribution in [0.25, 0.3) is 0 Å². The van der Waals surface area contributed by atoms with Crippen LogP contribution in [0, 0.1) is 6.92 Å². The number of alkyl halides is 3. The SMILES string of the molecule is Cc1cc(C(F)F)nc(CCl)c1CO. The fourth-order valence-electron chi connectivity index (χ4n) is 1.23. The van der Waals surface area contributed by atoms with Crippen molar-refractivity contribution in [2.75, 3.05) is 0 Å². The molecule has 1 N–H and O–H groups in total. The van der Waals surface area contributed by atoms with Crippen LogP contribution >= 0.6 is 11.6 Å². The van der Waals surface area contributed by atoms with Gasteiger partial charge in [0.05, 0.1) is 18.2 Å². The van der Waals surface area contributed by atoms with Crippen molar-refractivity contribution in [1.82, 2.24) is 4.98 Å². The van der Waals surface area contributed by atoms with Crippen molar-refractivity contribution in [2.45, 2.75) is 25.8 Å². The summed E-state index contributed by atoms with van der Waals surface area (Å²) >= 11 is 5.54. The topological polar surface area (TPSA) is 33.1 Å². The highest BCUT2D eigenvalue weighted by Crippen LogP contribution is 2.22. The van der Waals surface area contributed by atoms with Crippen LogP contribution in [0.1, 0.15) is 28.9 Å². The van der Waals surface area contributed by atoms with Crippen LogP contribution in [-0.2, 0) is 12.5 Å². The largest absolute Gasteiger partial charge is 0.392 e. The van der Waals surface area contributed by atoms with Crippen molar-refractivity contribution >= 4 is 11.6 Å². The maximum absolute atomic E-state index is 12.3. The number of aryl methyl sites for hydroxylation is 1. The van der Waals surface area contributed by atoms with Gasteiger partial charge in [0.2, 0.25) is 0 Å². The first-order valence-electron chi connectivity index (χ1n) is 4.04. The summed E-state index contributed by atoms with van der Waals surface area (Å²) in [5, 5.41) is 8.97. The van der Waals surface area contributed by atoms with Crippen molar-refractivity contribution in [1.29, 1.82) is 0 Å². The minimum atomic E-state index is -2.61. The maximum Gasteiger partial charge on any atom is 0.280 e. The van der Waals surface area contributed by atoms with Gasteiger partial charge in [-0.15, -0.1) is 11.6 Å². The van der Waals surface area contributed by atoms with Gasteiger partial charge >= 0.3 is 0 Å². The number of aliphatic hydroxyl groups excluding tert-OH is 1. The average Bonchev–Trinajstić information content (AvgIpc) is 2.16. The highest BCUT2D eigenvalue weighted by atomic mass is 35.5. The standard InChI is InChI=1S/C9H10ClF2NO/c1-5-2-7(9(11)12)13-8(3-10)6(5)4-14/h2,9,14H,3-4H2,1H3. The van der Waals surface area contributed by atoms with Gasteiger partial charge in [-0.3, -0.25) is 4.98 Å². The van der Waals surface area contributed by atoms with Crippen LogP contribution in [0.5, 0.6) is 0 Å². The number of nitrogens with zero attached hydrogens (tertiary/aromatic N) is 1. The van der Waals surface area contributed by atoms with E-state index in [9.17, 15) is 8.78 Å². The monoisotopic (exact) mass is 221 g/mol. The van der Waals surface area contributed by atoms with E-state index in [2.05, 4.69) is 4.98 Å². The summed E-state index contributed by atoms with van der Waals surface area (Å²) in [6.07, 6.45) is -2.61. The van der Waals surface area contributed by atoms with Crippen molar-refractivity contribution in [3.63, 3.8) is 0 Å². The highest BCUT2D eigenvalue weighted by molar-refractivity contribution is 6.17. The molecule has 1 heterocycles. The summed E-state index contributed by atoms with van der Waals surface area (Å²) in [6.45, 7) is 1.42. The van der Waals surface area contributed by atoms with E-state index in [1.54, 1.807) is 6.92 Å². The number of hydrogen-bond acceptors (Lipinski definition) is 2. The number of halogens is 3. The fourth-order valence-corrected chi connectivity index (χ4v) is 1.45. The van der Waals surface area contributed by atoms with Crippen molar-refractivity contribution < 1.29 is 13.9 Å². The van der Waals surface area contributed by atoms with Gasteiger partial charge in [0.1, 0.15) is 5.69 Å². The smallest absolute Gasteiger partial charge is 0.280 e. The van der Waals surface area contributed by atoms with Gasteiger partial charge in [0.25, 0.3) is 6.43 Å². The normalized spacial score (nSPS) is 11.0. The van der Waals surface area contributed by atoms with Crippen LogP contribution in [-0.4, -0.2) is 10.1 Å². The summed E-state index contributed by atoms with van der Waals surface area (Å²) in [4.78, 5) is 3.68. The van der Waals surface area contributed by atoms with Crippen LogP contribution in [0.3, 0.4) is 0 Å². The third-order valence-electron chi connectivity index (χ3n) is 1.96. The molecular weight excluding hydrogens is 212 g/mol. The molecule has 0 aliphatic rings. The third kappa shape index (κ3) is 2.19. The molecule has 0 saturated heterocycles. The number of hydrogen-bond donors (Lipinski definition) is 1. The highest BCUT2D eigenvalue weighted by Gasteiger charge is 2.14. The lowest BCUT2D eigenvalue weighted by Gasteiger charge is -2.09. The van der Waals surface area contributed by atoms with Crippen LogP contribution in [0.2, 0.25) is 0 Å². The Morgan fingerprint density at radius 2 is 2.21 bits per heavy atom. The number of rotatable bonds is 3. The summed E-state index contributed by atoms with van der Waals surface area (Å²) in [7, 11) is 0. The summed E-state index contributed by atoms with van der Waals surface area (Å²) in [5.41, 5.74) is 1.15. The molecule has 0 unspecified atom stereocenters. The second-order valence-corrected chi connectivity index (χ2v) is 3.15. The lowest BCUT2D eigenvalue weighted by Crippen LogP contribution is -2.03. The molecule has 0 amide bonds. The van der Waals surface area contributed by atoms with E-state index in [0.29, 0.717) is 16.8 Å². The summed E-state index contributed by atoms with van der Waals surface area (Å²) < 4.78 is 24.7. The summed E-state index contributed by atoms with van der Waals surface area (Å²) in [6, 6.07) is 1.27. The second-order valence-electron chi connectivity index (χ2n) is 2.88. The zero-order valence-electron chi connectivity index (χ0n) is 7.60. The third-order valence-corrected chi connectivity index (χ3v) is 2.21. The Morgan fingerprint density at radius 3 is 2.64 bits per heavy atom. The van der Waals surface area contributed by atoms with E-state index in [1.807, 2.05) is 0 Å².